The summed E-state index contributed by atoms with van der Waals surface area (Å²) in [7, 11) is 0. The van der Waals surface area contributed by atoms with Crippen molar-refractivity contribution in [1.82, 2.24) is 0 Å². The second-order valence-corrected chi connectivity index (χ2v) is 10.1. The second kappa shape index (κ2) is 4.08. The standard InChI is InChI=1S/C20H24O8/c1-7(2)17-12(26-17)13-20(28-13)16(3)5-4-8-9(6-25-14(8)22)18(16,24)10(21)11-19(20,27-11)15(17)23/h7,10-13,15,21,23-24H,4-6H2,1-3H3/t10-,11-,12-,13-,15-,16-,17-,18-,19+,20+/m0/s1. The molecule has 3 N–H and O–H groups in total. The normalized spacial score (nSPS) is 64.8. The summed E-state index contributed by atoms with van der Waals surface area (Å²) in [6.07, 6.45) is -2.73. The van der Waals surface area contributed by atoms with E-state index in [1.54, 1.807) is 0 Å². The second-order valence-electron chi connectivity index (χ2n) is 10.1. The quantitative estimate of drug-likeness (QED) is 0.391. The van der Waals surface area contributed by atoms with E-state index in [1.807, 2.05) is 20.8 Å². The lowest BCUT2D eigenvalue weighted by atomic mass is 9.44. The van der Waals surface area contributed by atoms with Crippen molar-refractivity contribution in [3.8, 4) is 0 Å². The molecule has 7 rings (SSSR count). The third kappa shape index (κ3) is 1.19. The number of hydrogen-bond acceptors (Lipinski definition) is 8. The van der Waals surface area contributed by atoms with Crippen LogP contribution in [0.15, 0.2) is 11.1 Å². The van der Waals surface area contributed by atoms with Crippen molar-refractivity contribution in [3.63, 3.8) is 0 Å². The lowest BCUT2D eigenvalue weighted by Crippen LogP contribution is -2.78. The fourth-order valence-electron chi connectivity index (χ4n) is 7.77. The Labute approximate surface area is 161 Å². The number of esters is 1. The van der Waals surface area contributed by atoms with Crippen LogP contribution in [0.4, 0.5) is 0 Å². The highest BCUT2D eigenvalue weighted by atomic mass is 16.8. The fraction of sp³-hybridized carbons (Fsp3) is 0.850. The predicted octanol–water partition coefficient (Wildman–Crippen LogP) is -0.811. The lowest BCUT2D eigenvalue weighted by Gasteiger charge is -2.59. The number of rotatable bonds is 1. The summed E-state index contributed by atoms with van der Waals surface area (Å²) < 4.78 is 23.7. The average Bonchev–Trinajstić information content (AvgIpc) is 3.54. The first kappa shape index (κ1) is 16.7. The molecule has 152 valence electrons. The monoisotopic (exact) mass is 392 g/mol. The van der Waals surface area contributed by atoms with Crippen molar-refractivity contribution < 1.29 is 39.1 Å². The zero-order valence-electron chi connectivity index (χ0n) is 16.0. The molecular formula is C20H24O8. The molecule has 3 aliphatic carbocycles. The number of aliphatic hydroxyl groups is 3. The zero-order valence-corrected chi connectivity index (χ0v) is 16.0. The molecule has 8 nitrogen and oxygen atoms in total. The summed E-state index contributed by atoms with van der Waals surface area (Å²) >= 11 is 0. The number of carbonyl (C=O) groups excluding carboxylic acids is 1. The van der Waals surface area contributed by atoms with E-state index in [-0.39, 0.29) is 24.7 Å². The van der Waals surface area contributed by atoms with Gasteiger partial charge in [0.25, 0.3) is 0 Å². The summed E-state index contributed by atoms with van der Waals surface area (Å²) in [4.78, 5) is 12.1. The molecule has 0 aromatic carbocycles. The summed E-state index contributed by atoms with van der Waals surface area (Å²) in [5.41, 5.74) is -4.55. The van der Waals surface area contributed by atoms with E-state index in [2.05, 4.69) is 0 Å². The van der Waals surface area contributed by atoms with Gasteiger partial charge in [0.15, 0.2) is 5.60 Å². The third-order valence-electron chi connectivity index (χ3n) is 9.32. The Kier molecular flexibility index (Phi) is 2.44. The van der Waals surface area contributed by atoms with E-state index >= 15 is 0 Å². The van der Waals surface area contributed by atoms with Crippen LogP contribution in [-0.2, 0) is 23.7 Å². The van der Waals surface area contributed by atoms with E-state index in [1.165, 1.54) is 0 Å². The Bertz CT molecular complexity index is 899. The number of carbonyl (C=O) groups is 1. The molecule has 5 fully saturated rings. The van der Waals surface area contributed by atoms with Crippen LogP contribution < -0.4 is 0 Å². The van der Waals surface area contributed by atoms with Crippen LogP contribution in [0.1, 0.15) is 33.6 Å². The first-order valence-electron chi connectivity index (χ1n) is 10.2. The average molecular weight is 392 g/mol. The van der Waals surface area contributed by atoms with Crippen LogP contribution in [0.2, 0.25) is 0 Å². The Morgan fingerprint density at radius 3 is 2.57 bits per heavy atom. The van der Waals surface area contributed by atoms with Crippen LogP contribution in [0, 0.1) is 11.3 Å². The van der Waals surface area contributed by atoms with Gasteiger partial charge >= 0.3 is 5.97 Å². The number of epoxide rings is 3. The molecule has 8 heteroatoms. The van der Waals surface area contributed by atoms with Gasteiger partial charge in [-0.25, -0.2) is 4.79 Å². The van der Waals surface area contributed by atoms with E-state index in [0.717, 1.165) is 0 Å². The van der Waals surface area contributed by atoms with Crippen molar-refractivity contribution in [3.05, 3.63) is 11.1 Å². The highest BCUT2D eigenvalue weighted by Crippen LogP contribution is 2.83. The molecule has 3 saturated heterocycles. The van der Waals surface area contributed by atoms with Gasteiger partial charge in [0.2, 0.25) is 0 Å². The molecule has 2 saturated carbocycles. The number of aliphatic hydroxyl groups excluding tert-OH is 2. The molecule has 0 aromatic heterocycles. The van der Waals surface area contributed by atoms with E-state index in [0.29, 0.717) is 24.0 Å². The molecule has 0 radical (unpaired) electrons. The minimum absolute atomic E-state index is 0.0316. The molecule has 10 atom stereocenters. The van der Waals surface area contributed by atoms with Gasteiger partial charge in [0.1, 0.15) is 53.9 Å². The van der Waals surface area contributed by atoms with Crippen molar-refractivity contribution in [1.29, 1.82) is 0 Å². The van der Waals surface area contributed by atoms with E-state index in [4.69, 9.17) is 18.9 Å². The van der Waals surface area contributed by atoms with E-state index < -0.39 is 52.1 Å². The number of ether oxygens (including phenoxy) is 4. The van der Waals surface area contributed by atoms with Crippen LogP contribution in [0.5, 0.6) is 0 Å². The number of hydrogen-bond donors (Lipinski definition) is 3. The van der Waals surface area contributed by atoms with Gasteiger partial charge in [0, 0.05) is 16.6 Å². The van der Waals surface area contributed by atoms with Crippen molar-refractivity contribution in [2.75, 3.05) is 6.61 Å². The van der Waals surface area contributed by atoms with Gasteiger partial charge in [-0.2, -0.15) is 0 Å². The topological polar surface area (TPSA) is 125 Å². The van der Waals surface area contributed by atoms with Crippen LogP contribution in [0.25, 0.3) is 0 Å². The van der Waals surface area contributed by atoms with Gasteiger partial charge < -0.3 is 34.3 Å². The molecule has 0 amide bonds. The smallest absolute Gasteiger partial charge is 0.334 e. The number of fused-ring (bicyclic) bond motifs is 4. The molecule has 7 aliphatic rings. The molecule has 28 heavy (non-hydrogen) atoms. The minimum Gasteiger partial charge on any atom is -0.458 e. The SMILES string of the molecule is CC(C)[C@]12O[C@H]1[C@@H]1O[C@]13[C@]1(O[C@H]1[C@H](O)[C@@]1(O)C4=C(CC[C@]31C)C(=O)OC4)[C@H]2O. The van der Waals surface area contributed by atoms with Crippen molar-refractivity contribution in [2.24, 2.45) is 11.3 Å². The summed E-state index contributed by atoms with van der Waals surface area (Å²) in [6.45, 7) is 5.86. The summed E-state index contributed by atoms with van der Waals surface area (Å²) in [5.74, 6) is -0.369. The fourth-order valence-corrected chi connectivity index (χ4v) is 7.77. The van der Waals surface area contributed by atoms with Crippen molar-refractivity contribution in [2.45, 2.75) is 86.5 Å². The largest absolute Gasteiger partial charge is 0.458 e. The van der Waals surface area contributed by atoms with Gasteiger partial charge in [-0.05, 0) is 18.8 Å². The maximum atomic E-state index is 12.1. The van der Waals surface area contributed by atoms with Gasteiger partial charge in [0.05, 0.1) is 0 Å². The van der Waals surface area contributed by atoms with Gasteiger partial charge in [-0.15, -0.1) is 0 Å². The number of cyclic esters (lactones) is 1. The van der Waals surface area contributed by atoms with E-state index in [9.17, 15) is 20.1 Å². The maximum Gasteiger partial charge on any atom is 0.334 e. The highest BCUT2D eigenvalue weighted by Gasteiger charge is 3.03. The van der Waals surface area contributed by atoms with Gasteiger partial charge in [-0.3, -0.25) is 0 Å². The maximum absolute atomic E-state index is 12.1. The molecule has 0 unspecified atom stereocenters. The Morgan fingerprint density at radius 1 is 1.11 bits per heavy atom. The van der Waals surface area contributed by atoms with Crippen LogP contribution in [-0.4, -0.2) is 80.8 Å². The molecular weight excluding hydrogens is 368 g/mol. The van der Waals surface area contributed by atoms with Crippen molar-refractivity contribution >= 4 is 5.97 Å². The first-order chi connectivity index (χ1) is 13.1. The Balaban J connectivity index is 1.45. The third-order valence-corrected chi connectivity index (χ3v) is 9.32. The Hall–Kier alpha value is -1.03. The molecule has 2 spiro atoms. The lowest BCUT2D eigenvalue weighted by molar-refractivity contribution is -0.205. The summed E-state index contributed by atoms with van der Waals surface area (Å²) in [6, 6.07) is 0. The Morgan fingerprint density at radius 2 is 1.86 bits per heavy atom. The predicted molar refractivity (Wildman–Crippen MR) is 89.9 cm³/mol. The summed E-state index contributed by atoms with van der Waals surface area (Å²) in [5, 5.41) is 34.7. The van der Waals surface area contributed by atoms with Crippen LogP contribution >= 0.6 is 0 Å². The van der Waals surface area contributed by atoms with Crippen LogP contribution in [0.3, 0.4) is 0 Å². The molecule has 4 aliphatic heterocycles. The minimum atomic E-state index is -1.71. The highest BCUT2D eigenvalue weighted by molar-refractivity contribution is 5.93. The first-order valence-corrected chi connectivity index (χ1v) is 10.2. The molecule has 4 heterocycles. The van der Waals surface area contributed by atoms with Gasteiger partial charge in [-0.1, -0.05) is 20.8 Å². The molecule has 0 aromatic rings. The molecule has 0 bridgehead atoms. The zero-order chi connectivity index (χ0) is 19.6.